The summed E-state index contributed by atoms with van der Waals surface area (Å²) in [5.74, 6) is -0.105. The Balaban J connectivity index is 2.10. The van der Waals surface area contributed by atoms with E-state index < -0.39 is 0 Å². The number of nitrogens with one attached hydrogen (secondary N) is 1. The molecule has 2 rings (SSSR count). The summed E-state index contributed by atoms with van der Waals surface area (Å²) in [4.78, 5) is 4.41. The molecular weight excluding hydrogens is 241 g/mol. The van der Waals surface area contributed by atoms with Gasteiger partial charge in [0.1, 0.15) is 5.82 Å². The van der Waals surface area contributed by atoms with E-state index in [0.717, 1.165) is 44.0 Å². The molecule has 1 aromatic carbocycles. The molecule has 1 aliphatic rings. The minimum atomic E-state index is -0.105. The number of piperazine rings is 1. The van der Waals surface area contributed by atoms with E-state index in [1.165, 1.54) is 0 Å². The van der Waals surface area contributed by atoms with Crippen LogP contribution in [0.1, 0.15) is 25.5 Å². The second-order valence-corrected chi connectivity index (χ2v) is 5.28. The van der Waals surface area contributed by atoms with Crippen LogP contribution >= 0.6 is 0 Å². The van der Waals surface area contributed by atoms with Crippen molar-refractivity contribution in [2.75, 3.05) is 44.7 Å². The van der Waals surface area contributed by atoms with Crippen molar-refractivity contribution < 1.29 is 4.39 Å². The Morgan fingerprint density at radius 1 is 1.26 bits per heavy atom. The summed E-state index contributed by atoms with van der Waals surface area (Å²) >= 11 is 0. The molecule has 0 bridgehead atoms. The molecule has 1 unspecified atom stereocenters. The van der Waals surface area contributed by atoms with E-state index in [1.807, 2.05) is 12.1 Å². The van der Waals surface area contributed by atoms with E-state index in [9.17, 15) is 4.39 Å². The summed E-state index contributed by atoms with van der Waals surface area (Å²) in [5.41, 5.74) is 1.75. The molecule has 3 nitrogen and oxygen atoms in total. The van der Waals surface area contributed by atoms with Gasteiger partial charge in [0.2, 0.25) is 0 Å². The molecular formula is C15H24FN3. The average Bonchev–Trinajstić information content (AvgIpc) is 2.40. The lowest BCUT2D eigenvalue weighted by Crippen LogP contribution is -2.44. The van der Waals surface area contributed by atoms with Gasteiger partial charge in [-0.3, -0.25) is 0 Å². The second-order valence-electron chi connectivity index (χ2n) is 5.28. The van der Waals surface area contributed by atoms with Crippen molar-refractivity contribution in [2.45, 2.75) is 19.9 Å². The predicted molar refractivity (Wildman–Crippen MR) is 78.2 cm³/mol. The van der Waals surface area contributed by atoms with Crippen LogP contribution in [-0.4, -0.2) is 44.7 Å². The fourth-order valence-corrected chi connectivity index (χ4v) is 2.52. The molecule has 1 saturated heterocycles. The van der Waals surface area contributed by atoms with Crippen LogP contribution in [0.5, 0.6) is 0 Å². The summed E-state index contributed by atoms with van der Waals surface area (Å²) in [5, 5.41) is 3.31. The van der Waals surface area contributed by atoms with Gasteiger partial charge in [0.15, 0.2) is 0 Å². The van der Waals surface area contributed by atoms with Gasteiger partial charge < -0.3 is 15.1 Å². The van der Waals surface area contributed by atoms with E-state index in [1.54, 1.807) is 6.07 Å². The summed E-state index contributed by atoms with van der Waals surface area (Å²) in [6.45, 7) is 8.80. The highest BCUT2D eigenvalue weighted by Gasteiger charge is 2.18. The Labute approximate surface area is 115 Å². The van der Waals surface area contributed by atoms with Crippen LogP contribution in [0.3, 0.4) is 0 Å². The molecule has 0 saturated carbocycles. The average molecular weight is 265 g/mol. The SMILES string of the molecule is CCNC(C)c1ccc(N2CCN(C)CC2)c(F)c1. The number of likely N-dealkylation sites (N-methyl/N-ethyl adjacent to an activating group) is 1. The molecule has 0 aromatic heterocycles. The Bertz CT molecular complexity index is 414. The van der Waals surface area contributed by atoms with Gasteiger partial charge in [-0.05, 0) is 38.2 Å². The van der Waals surface area contributed by atoms with Crippen LogP contribution in [-0.2, 0) is 0 Å². The smallest absolute Gasteiger partial charge is 0.146 e. The first-order chi connectivity index (χ1) is 9.11. The molecule has 106 valence electrons. The van der Waals surface area contributed by atoms with Crippen molar-refractivity contribution in [3.8, 4) is 0 Å². The third kappa shape index (κ3) is 3.45. The third-order valence-electron chi connectivity index (χ3n) is 3.83. The summed E-state index contributed by atoms with van der Waals surface area (Å²) < 4.78 is 14.2. The van der Waals surface area contributed by atoms with E-state index in [2.05, 4.69) is 36.0 Å². The van der Waals surface area contributed by atoms with E-state index >= 15 is 0 Å². The van der Waals surface area contributed by atoms with Crippen molar-refractivity contribution in [2.24, 2.45) is 0 Å². The van der Waals surface area contributed by atoms with E-state index in [-0.39, 0.29) is 11.9 Å². The van der Waals surface area contributed by atoms with Crippen molar-refractivity contribution in [1.29, 1.82) is 0 Å². The van der Waals surface area contributed by atoms with Gasteiger partial charge in [-0.15, -0.1) is 0 Å². The number of rotatable bonds is 4. The number of benzene rings is 1. The fourth-order valence-electron chi connectivity index (χ4n) is 2.52. The van der Waals surface area contributed by atoms with Crippen LogP contribution in [0.25, 0.3) is 0 Å². The fraction of sp³-hybridized carbons (Fsp3) is 0.600. The minimum Gasteiger partial charge on any atom is -0.367 e. The molecule has 0 amide bonds. The first-order valence-electron chi connectivity index (χ1n) is 7.08. The number of nitrogens with zero attached hydrogens (tertiary/aromatic N) is 2. The Morgan fingerprint density at radius 2 is 1.95 bits per heavy atom. The zero-order chi connectivity index (χ0) is 13.8. The third-order valence-corrected chi connectivity index (χ3v) is 3.83. The highest BCUT2D eigenvalue weighted by atomic mass is 19.1. The van der Waals surface area contributed by atoms with Gasteiger partial charge in [-0.1, -0.05) is 13.0 Å². The maximum atomic E-state index is 14.2. The normalized spacial score (nSPS) is 18.6. The van der Waals surface area contributed by atoms with Gasteiger partial charge in [0.25, 0.3) is 0 Å². The van der Waals surface area contributed by atoms with E-state index in [4.69, 9.17) is 0 Å². The van der Waals surface area contributed by atoms with Crippen molar-refractivity contribution in [1.82, 2.24) is 10.2 Å². The minimum absolute atomic E-state index is 0.105. The lowest BCUT2D eigenvalue weighted by Gasteiger charge is -2.34. The predicted octanol–water partition coefficient (Wildman–Crippen LogP) is 2.25. The molecule has 1 atom stereocenters. The lowest BCUT2D eigenvalue weighted by atomic mass is 10.1. The molecule has 1 N–H and O–H groups in total. The first-order valence-corrected chi connectivity index (χ1v) is 7.08. The van der Waals surface area contributed by atoms with Gasteiger partial charge >= 0.3 is 0 Å². The topological polar surface area (TPSA) is 18.5 Å². The Morgan fingerprint density at radius 3 is 2.53 bits per heavy atom. The Kier molecular flexibility index (Phi) is 4.77. The molecule has 0 spiro atoms. The van der Waals surface area contributed by atoms with Crippen LogP contribution in [0.15, 0.2) is 18.2 Å². The molecule has 19 heavy (non-hydrogen) atoms. The van der Waals surface area contributed by atoms with Gasteiger partial charge in [0, 0.05) is 32.2 Å². The van der Waals surface area contributed by atoms with Crippen LogP contribution in [0.2, 0.25) is 0 Å². The number of hydrogen-bond donors (Lipinski definition) is 1. The largest absolute Gasteiger partial charge is 0.367 e. The first kappa shape index (κ1) is 14.3. The quantitative estimate of drug-likeness (QED) is 0.901. The number of hydrogen-bond acceptors (Lipinski definition) is 3. The van der Waals surface area contributed by atoms with Gasteiger partial charge in [-0.25, -0.2) is 4.39 Å². The highest BCUT2D eigenvalue weighted by Crippen LogP contribution is 2.24. The Hall–Kier alpha value is -1.13. The van der Waals surface area contributed by atoms with Crippen LogP contribution in [0, 0.1) is 5.82 Å². The molecule has 1 aromatic rings. The maximum absolute atomic E-state index is 14.2. The highest BCUT2D eigenvalue weighted by molar-refractivity contribution is 5.50. The van der Waals surface area contributed by atoms with Crippen molar-refractivity contribution in [3.63, 3.8) is 0 Å². The maximum Gasteiger partial charge on any atom is 0.146 e. The molecule has 1 aliphatic heterocycles. The lowest BCUT2D eigenvalue weighted by molar-refractivity contribution is 0.311. The monoisotopic (exact) mass is 265 g/mol. The number of halogens is 1. The zero-order valence-corrected chi connectivity index (χ0v) is 12.1. The molecule has 0 aliphatic carbocycles. The second kappa shape index (κ2) is 6.35. The summed E-state index contributed by atoms with van der Waals surface area (Å²) in [6.07, 6.45) is 0. The van der Waals surface area contributed by atoms with Gasteiger partial charge in [0.05, 0.1) is 5.69 Å². The molecule has 4 heteroatoms. The van der Waals surface area contributed by atoms with Crippen molar-refractivity contribution in [3.05, 3.63) is 29.6 Å². The summed E-state index contributed by atoms with van der Waals surface area (Å²) in [6, 6.07) is 5.82. The number of anilines is 1. The standard InChI is InChI=1S/C15H24FN3/c1-4-17-12(2)13-5-6-15(14(16)11-13)19-9-7-18(3)8-10-19/h5-6,11-12,17H,4,7-10H2,1-3H3. The van der Waals surface area contributed by atoms with Crippen LogP contribution in [0.4, 0.5) is 10.1 Å². The van der Waals surface area contributed by atoms with Gasteiger partial charge in [-0.2, -0.15) is 0 Å². The van der Waals surface area contributed by atoms with E-state index in [0.29, 0.717) is 0 Å². The zero-order valence-electron chi connectivity index (χ0n) is 12.1. The molecule has 0 radical (unpaired) electrons. The van der Waals surface area contributed by atoms with Crippen molar-refractivity contribution >= 4 is 5.69 Å². The molecule has 1 fully saturated rings. The van der Waals surface area contributed by atoms with Crippen LogP contribution < -0.4 is 10.2 Å². The summed E-state index contributed by atoms with van der Waals surface area (Å²) in [7, 11) is 2.11. The molecule has 1 heterocycles.